The van der Waals surface area contributed by atoms with E-state index in [1.54, 1.807) is 0 Å². The Balaban J connectivity index is 1.68. The molecule has 4 rings (SSSR count). The minimum Gasteiger partial charge on any atom is -0.491 e. The number of hydrogen-bond acceptors (Lipinski definition) is 6. The first-order valence-electron chi connectivity index (χ1n) is 11.7. The normalized spacial score (nSPS) is 22.6. The highest BCUT2D eigenvalue weighted by Gasteiger charge is 2.32. The fraction of sp³-hybridized carbons (Fsp3) is 0.696. The Morgan fingerprint density at radius 2 is 2.06 bits per heavy atom. The first kappa shape index (κ1) is 22.2. The van der Waals surface area contributed by atoms with Gasteiger partial charge in [0.2, 0.25) is 10.0 Å². The van der Waals surface area contributed by atoms with Crippen molar-refractivity contribution < 1.29 is 17.9 Å². The third-order valence-electron chi connectivity index (χ3n) is 6.57. The van der Waals surface area contributed by atoms with Crippen LogP contribution in [0.25, 0.3) is 0 Å². The first-order valence-corrected chi connectivity index (χ1v) is 13.3. The average molecular weight is 450 g/mol. The van der Waals surface area contributed by atoms with E-state index in [0.29, 0.717) is 23.8 Å². The molecular weight excluding hydrogens is 414 g/mol. The molecule has 1 aromatic carbocycles. The number of nitrogens with zero attached hydrogens (tertiary/aromatic N) is 2. The number of nitrogens with one attached hydrogen (secondary N) is 1. The summed E-state index contributed by atoms with van der Waals surface area (Å²) in [5.74, 6) is 1.35. The van der Waals surface area contributed by atoms with Gasteiger partial charge in [-0.2, -0.15) is 0 Å². The van der Waals surface area contributed by atoms with Gasteiger partial charge in [-0.15, -0.1) is 0 Å². The number of ether oxygens (including phenoxy) is 2. The summed E-state index contributed by atoms with van der Waals surface area (Å²) in [4.78, 5) is 6.58. The maximum absolute atomic E-state index is 13.0. The van der Waals surface area contributed by atoms with Gasteiger partial charge in [-0.3, -0.25) is 9.71 Å². The summed E-state index contributed by atoms with van der Waals surface area (Å²) in [5, 5.41) is 0. The van der Waals surface area contributed by atoms with Crippen LogP contribution in [0, 0.1) is 5.92 Å². The third kappa shape index (κ3) is 5.27. The molecule has 3 aliphatic rings. The number of benzene rings is 1. The van der Waals surface area contributed by atoms with Gasteiger partial charge in [-0.1, -0.05) is 26.7 Å². The number of sulfonamides is 1. The molecule has 2 atom stereocenters. The van der Waals surface area contributed by atoms with Crippen LogP contribution in [0.2, 0.25) is 0 Å². The molecule has 2 heterocycles. The smallest absolute Gasteiger partial charge is 0.233 e. The second kappa shape index (κ2) is 9.67. The quantitative estimate of drug-likeness (QED) is 0.638. The van der Waals surface area contributed by atoms with E-state index < -0.39 is 10.0 Å². The predicted octanol–water partition coefficient (Wildman–Crippen LogP) is 4.35. The zero-order valence-electron chi connectivity index (χ0n) is 18.7. The highest BCUT2D eigenvalue weighted by molar-refractivity contribution is 7.92. The van der Waals surface area contributed by atoms with Crippen LogP contribution in [-0.4, -0.2) is 51.2 Å². The van der Waals surface area contributed by atoms with Gasteiger partial charge in [0.1, 0.15) is 11.4 Å². The molecule has 1 N–H and O–H groups in total. The van der Waals surface area contributed by atoms with Crippen LogP contribution < -0.4 is 14.2 Å². The lowest BCUT2D eigenvalue weighted by Gasteiger charge is -2.34. The SMILES string of the molecule is CCC(C)CS(=O)(=O)Nc1c(OC2CCCCC2)ccc2c1OCCC2N1C=NCC1. The number of anilines is 1. The lowest BCUT2D eigenvalue weighted by molar-refractivity contribution is 0.154. The van der Waals surface area contributed by atoms with Gasteiger partial charge < -0.3 is 14.4 Å². The maximum Gasteiger partial charge on any atom is 0.233 e. The molecule has 172 valence electrons. The van der Waals surface area contributed by atoms with Crippen molar-refractivity contribution in [1.29, 1.82) is 0 Å². The van der Waals surface area contributed by atoms with Crippen molar-refractivity contribution in [2.45, 2.75) is 70.9 Å². The standard InChI is InChI=1S/C23H35N3O4S/c1-3-17(2)15-31(27,28)25-22-21(30-18-7-5-4-6-8-18)10-9-19-20(11-14-29-23(19)22)26-13-12-24-16-26/h9-10,16-18,20,25H,3-8,11-15H2,1-2H3. The molecule has 0 bridgehead atoms. The van der Waals surface area contributed by atoms with Crippen molar-refractivity contribution in [3.8, 4) is 11.5 Å². The average Bonchev–Trinajstić information content (AvgIpc) is 3.30. The highest BCUT2D eigenvalue weighted by Crippen LogP contribution is 2.46. The van der Waals surface area contributed by atoms with Gasteiger partial charge in [0, 0.05) is 18.5 Å². The monoisotopic (exact) mass is 449 g/mol. The molecule has 0 spiro atoms. The molecule has 0 saturated heterocycles. The summed E-state index contributed by atoms with van der Waals surface area (Å²) in [7, 11) is -3.53. The van der Waals surface area contributed by atoms with Crippen LogP contribution in [0.15, 0.2) is 17.1 Å². The van der Waals surface area contributed by atoms with Crippen molar-refractivity contribution in [3.05, 3.63) is 17.7 Å². The maximum atomic E-state index is 13.0. The van der Waals surface area contributed by atoms with E-state index in [4.69, 9.17) is 9.47 Å². The Hall–Kier alpha value is -1.96. The Morgan fingerprint density at radius 3 is 2.77 bits per heavy atom. The Bertz CT molecular complexity index is 896. The lowest BCUT2D eigenvalue weighted by atomic mass is 9.96. The van der Waals surface area contributed by atoms with E-state index in [2.05, 4.69) is 14.6 Å². The summed E-state index contributed by atoms with van der Waals surface area (Å²) in [6.45, 7) is 6.17. The Labute approximate surface area is 186 Å². The van der Waals surface area contributed by atoms with Gasteiger partial charge in [0.05, 0.1) is 37.4 Å². The first-order chi connectivity index (χ1) is 15.0. The van der Waals surface area contributed by atoms with E-state index in [9.17, 15) is 8.42 Å². The Kier molecular flexibility index (Phi) is 6.94. The van der Waals surface area contributed by atoms with Gasteiger partial charge in [0.15, 0.2) is 5.75 Å². The van der Waals surface area contributed by atoms with E-state index in [1.165, 1.54) is 6.42 Å². The van der Waals surface area contributed by atoms with Gasteiger partial charge in [-0.05, 0) is 43.7 Å². The molecule has 31 heavy (non-hydrogen) atoms. The van der Waals surface area contributed by atoms with E-state index in [0.717, 1.165) is 57.2 Å². The van der Waals surface area contributed by atoms with Gasteiger partial charge >= 0.3 is 0 Å². The summed E-state index contributed by atoms with van der Waals surface area (Å²) in [6.07, 6.45) is 9.23. The van der Waals surface area contributed by atoms with E-state index in [-0.39, 0.29) is 23.8 Å². The van der Waals surface area contributed by atoms with Crippen molar-refractivity contribution >= 4 is 22.0 Å². The second-order valence-corrected chi connectivity index (χ2v) is 10.8. The molecule has 0 amide bonds. The molecule has 0 aromatic heterocycles. The topological polar surface area (TPSA) is 80.2 Å². The van der Waals surface area contributed by atoms with Gasteiger partial charge in [-0.25, -0.2) is 8.42 Å². The summed E-state index contributed by atoms with van der Waals surface area (Å²) in [6, 6.07) is 4.09. The molecule has 1 fully saturated rings. The molecular formula is C23H35N3O4S. The second-order valence-electron chi connectivity index (χ2n) is 9.04. The highest BCUT2D eigenvalue weighted by atomic mass is 32.2. The van der Waals surface area contributed by atoms with Crippen LogP contribution in [0.1, 0.15) is 70.4 Å². The van der Waals surface area contributed by atoms with Crippen molar-refractivity contribution in [3.63, 3.8) is 0 Å². The van der Waals surface area contributed by atoms with Gasteiger partial charge in [0.25, 0.3) is 0 Å². The summed E-state index contributed by atoms with van der Waals surface area (Å²) in [5.41, 5.74) is 1.46. The van der Waals surface area contributed by atoms with Crippen LogP contribution in [0.4, 0.5) is 5.69 Å². The lowest BCUT2D eigenvalue weighted by Crippen LogP contribution is -2.31. The predicted molar refractivity (Wildman–Crippen MR) is 124 cm³/mol. The number of fused-ring (bicyclic) bond motifs is 1. The van der Waals surface area contributed by atoms with E-state index in [1.807, 2.05) is 32.3 Å². The van der Waals surface area contributed by atoms with E-state index >= 15 is 0 Å². The van der Waals surface area contributed by atoms with Crippen molar-refractivity contribution in [2.75, 3.05) is 30.2 Å². The molecule has 0 radical (unpaired) electrons. The molecule has 1 saturated carbocycles. The number of aliphatic imine (C=N–C) groups is 1. The fourth-order valence-electron chi connectivity index (χ4n) is 4.65. The fourth-order valence-corrected chi connectivity index (χ4v) is 6.22. The summed E-state index contributed by atoms with van der Waals surface area (Å²) < 4.78 is 41.2. The Morgan fingerprint density at radius 1 is 1.26 bits per heavy atom. The minimum atomic E-state index is -3.53. The molecule has 7 nitrogen and oxygen atoms in total. The zero-order chi connectivity index (χ0) is 21.8. The molecule has 8 heteroatoms. The van der Waals surface area contributed by atoms with Crippen molar-refractivity contribution in [1.82, 2.24) is 4.90 Å². The number of hydrogen-bond donors (Lipinski definition) is 1. The van der Waals surface area contributed by atoms with Crippen molar-refractivity contribution in [2.24, 2.45) is 10.9 Å². The van der Waals surface area contributed by atoms with Crippen LogP contribution in [0.3, 0.4) is 0 Å². The largest absolute Gasteiger partial charge is 0.491 e. The van der Waals surface area contributed by atoms with Crippen LogP contribution in [0.5, 0.6) is 11.5 Å². The molecule has 1 aromatic rings. The number of rotatable bonds is 8. The van der Waals surface area contributed by atoms with Crippen LogP contribution >= 0.6 is 0 Å². The molecule has 2 aliphatic heterocycles. The molecule has 1 aliphatic carbocycles. The van der Waals surface area contributed by atoms with Crippen LogP contribution in [-0.2, 0) is 10.0 Å². The third-order valence-corrected chi connectivity index (χ3v) is 8.09. The molecule has 2 unspecified atom stereocenters. The minimum absolute atomic E-state index is 0.0780. The zero-order valence-corrected chi connectivity index (χ0v) is 19.5. The summed E-state index contributed by atoms with van der Waals surface area (Å²) >= 11 is 0.